The first-order valence-corrected chi connectivity index (χ1v) is 10.6. The Morgan fingerprint density at radius 2 is 1.81 bits per heavy atom. The van der Waals surface area contributed by atoms with Crippen molar-refractivity contribution in [2.75, 3.05) is 10.2 Å². The molecule has 158 valence electrons. The van der Waals surface area contributed by atoms with Crippen LogP contribution in [0, 0.1) is 17.1 Å². The molecule has 5 rings (SSSR count). The third-order valence-electron chi connectivity index (χ3n) is 5.64. The van der Waals surface area contributed by atoms with Gasteiger partial charge in [0, 0.05) is 22.4 Å². The summed E-state index contributed by atoms with van der Waals surface area (Å²) in [4.78, 5) is 40.4. The van der Waals surface area contributed by atoms with E-state index in [2.05, 4.69) is 27.3 Å². The summed E-state index contributed by atoms with van der Waals surface area (Å²) in [5.74, 6) is -2.65. The number of nitriles is 1. The van der Waals surface area contributed by atoms with Crippen molar-refractivity contribution in [3.8, 4) is 6.07 Å². The first kappa shape index (κ1) is 20.2. The summed E-state index contributed by atoms with van der Waals surface area (Å²) >= 11 is 3.34. The molecule has 0 saturated heterocycles. The van der Waals surface area contributed by atoms with Crippen molar-refractivity contribution in [1.82, 2.24) is 4.57 Å². The maximum Gasteiger partial charge on any atom is 0.274 e. The zero-order chi connectivity index (χ0) is 22.6. The molecule has 2 aromatic carbocycles. The molecule has 0 unspecified atom stereocenters. The quantitative estimate of drug-likeness (QED) is 0.552. The van der Waals surface area contributed by atoms with E-state index in [-0.39, 0.29) is 28.1 Å². The molecule has 32 heavy (non-hydrogen) atoms. The minimum Gasteiger partial charge on any atom is -0.337 e. The SMILES string of the molecule is N#Cc1c(N2C(=O)c3ccc(F)cc3C2=O)c(C(=O)Nc2ccc(Br)cc2)n2c1CCC2. The lowest BCUT2D eigenvalue weighted by atomic mass is 10.1. The molecule has 7 nitrogen and oxygen atoms in total. The Labute approximate surface area is 190 Å². The van der Waals surface area contributed by atoms with Crippen LogP contribution in [0.25, 0.3) is 0 Å². The van der Waals surface area contributed by atoms with Crippen molar-refractivity contribution >= 4 is 45.0 Å². The van der Waals surface area contributed by atoms with E-state index < -0.39 is 23.5 Å². The molecule has 3 aromatic rings. The number of rotatable bonds is 3. The number of amides is 3. The van der Waals surface area contributed by atoms with Crippen LogP contribution in [0.3, 0.4) is 0 Å². The highest BCUT2D eigenvalue weighted by Crippen LogP contribution is 2.39. The fourth-order valence-corrected chi connectivity index (χ4v) is 4.53. The third kappa shape index (κ3) is 2.95. The molecular weight excluding hydrogens is 479 g/mol. The number of imide groups is 1. The molecule has 2 aliphatic heterocycles. The summed E-state index contributed by atoms with van der Waals surface area (Å²) in [5.41, 5.74) is 1.18. The Morgan fingerprint density at radius 1 is 1.09 bits per heavy atom. The van der Waals surface area contributed by atoms with Crippen LogP contribution in [0.5, 0.6) is 0 Å². The molecule has 1 N–H and O–H groups in total. The second-order valence-electron chi connectivity index (χ2n) is 7.48. The van der Waals surface area contributed by atoms with Gasteiger partial charge in [0.2, 0.25) is 0 Å². The summed E-state index contributed by atoms with van der Waals surface area (Å²) in [6, 6.07) is 12.3. The Bertz CT molecular complexity index is 1370. The summed E-state index contributed by atoms with van der Waals surface area (Å²) in [7, 11) is 0. The lowest BCUT2D eigenvalue weighted by Gasteiger charge is -2.17. The Hall–Kier alpha value is -3.77. The van der Waals surface area contributed by atoms with Gasteiger partial charge in [-0.2, -0.15) is 5.26 Å². The number of benzene rings is 2. The van der Waals surface area contributed by atoms with Gasteiger partial charge in [0.15, 0.2) is 0 Å². The van der Waals surface area contributed by atoms with E-state index in [1.807, 2.05) is 0 Å². The predicted octanol–water partition coefficient (Wildman–Crippen LogP) is 4.26. The van der Waals surface area contributed by atoms with E-state index in [1.54, 1.807) is 28.8 Å². The molecule has 0 fully saturated rings. The van der Waals surface area contributed by atoms with Gasteiger partial charge >= 0.3 is 0 Å². The van der Waals surface area contributed by atoms with Crippen LogP contribution in [-0.2, 0) is 13.0 Å². The number of hydrogen-bond donors (Lipinski definition) is 1. The Morgan fingerprint density at radius 3 is 2.53 bits per heavy atom. The number of nitrogens with zero attached hydrogens (tertiary/aromatic N) is 3. The molecule has 1 aromatic heterocycles. The highest BCUT2D eigenvalue weighted by Gasteiger charge is 2.43. The number of anilines is 2. The van der Waals surface area contributed by atoms with Crippen molar-refractivity contribution in [3.05, 3.63) is 80.8 Å². The second-order valence-corrected chi connectivity index (χ2v) is 8.40. The van der Waals surface area contributed by atoms with Gasteiger partial charge in [-0.25, -0.2) is 9.29 Å². The Kier molecular flexibility index (Phi) is 4.68. The van der Waals surface area contributed by atoms with Gasteiger partial charge in [-0.3, -0.25) is 14.4 Å². The van der Waals surface area contributed by atoms with E-state index in [4.69, 9.17) is 0 Å². The summed E-state index contributed by atoms with van der Waals surface area (Å²) in [5, 5.41) is 12.7. The lowest BCUT2D eigenvalue weighted by molar-refractivity contribution is 0.0926. The van der Waals surface area contributed by atoms with Gasteiger partial charge in [-0.15, -0.1) is 0 Å². The molecule has 9 heteroatoms. The first-order chi connectivity index (χ1) is 15.4. The van der Waals surface area contributed by atoms with E-state index in [9.17, 15) is 24.0 Å². The number of fused-ring (bicyclic) bond motifs is 2. The molecule has 0 spiro atoms. The summed E-state index contributed by atoms with van der Waals surface area (Å²) < 4.78 is 16.3. The average molecular weight is 493 g/mol. The Balaban J connectivity index is 1.66. The zero-order valence-electron chi connectivity index (χ0n) is 16.5. The number of hydrogen-bond acceptors (Lipinski definition) is 4. The maximum absolute atomic E-state index is 13.7. The van der Waals surface area contributed by atoms with E-state index in [0.29, 0.717) is 24.3 Å². The average Bonchev–Trinajstić information content (AvgIpc) is 3.41. The molecule has 0 atom stereocenters. The topological polar surface area (TPSA) is 95.2 Å². The molecule has 0 radical (unpaired) electrons. The van der Waals surface area contributed by atoms with Crippen molar-refractivity contribution in [2.24, 2.45) is 0 Å². The van der Waals surface area contributed by atoms with E-state index in [1.165, 1.54) is 6.07 Å². The highest BCUT2D eigenvalue weighted by atomic mass is 79.9. The van der Waals surface area contributed by atoms with Crippen LogP contribution < -0.4 is 10.2 Å². The van der Waals surface area contributed by atoms with E-state index in [0.717, 1.165) is 27.9 Å². The normalized spacial score (nSPS) is 14.3. The standard InChI is InChI=1S/C23H14BrFN4O3/c24-12-3-6-14(7-4-12)27-21(30)20-19(17(11-26)18-2-1-9-28(18)20)29-22(31)15-8-5-13(25)10-16(15)23(29)32/h3-8,10H,1-2,9H2,(H,27,30). The number of nitrogens with one attached hydrogen (secondary N) is 1. The van der Waals surface area contributed by atoms with Crippen LogP contribution in [-0.4, -0.2) is 22.3 Å². The minimum absolute atomic E-state index is 0.0333. The molecular formula is C23H14BrFN4O3. The fraction of sp³-hybridized carbons (Fsp3) is 0.130. The third-order valence-corrected chi connectivity index (χ3v) is 6.17. The number of carbonyl (C=O) groups excluding carboxylic acids is 3. The van der Waals surface area contributed by atoms with E-state index >= 15 is 0 Å². The van der Waals surface area contributed by atoms with Gasteiger partial charge in [-0.1, -0.05) is 15.9 Å². The van der Waals surface area contributed by atoms with Crippen LogP contribution >= 0.6 is 15.9 Å². The first-order valence-electron chi connectivity index (χ1n) is 9.81. The van der Waals surface area contributed by atoms with Crippen molar-refractivity contribution in [2.45, 2.75) is 19.4 Å². The fourth-order valence-electron chi connectivity index (χ4n) is 4.27. The minimum atomic E-state index is -0.761. The van der Waals surface area contributed by atoms with Crippen LogP contribution in [0.15, 0.2) is 46.9 Å². The number of aromatic nitrogens is 1. The molecule has 0 bridgehead atoms. The van der Waals surface area contributed by atoms with Gasteiger partial charge in [0.1, 0.15) is 23.3 Å². The largest absolute Gasteiger partial charge is 0.337 e. The van der Waals surface area contributed by atoms with Crippen molar-refractivity contribution in [1.29, 1.82) is 5.26 Å². The van der Waals surface area contributed by atoms with Gasteiger partial charge in [0.25, 0.3) is 17.7 Å². The molecule has 0 saturated carbocycles. The smallest absolute Gasteiger partial charge is 0.274 e. The summed E-state index contributed by atoms with van der Waals surface area (Å²) in [6.45, 7) is 0.477. The van der Waals surface area contributed by atoms with Crippen molar-refractivity contribution in [3.63, 3.8) is 0 Å². The van der Waals surface area contributed by atoms with Gasteiger partial charge in [-0.05, 0) is 55.3 Å². The van der Waals surface area contributed by atoms with Crippen LogP contribution in [0.2, 0.25) is 0 Å². The van der Waals surface area contributed by atoms with Gasteiger partial charge < -0.3 is 9.88 Å². The van der Waals surface area contributed by atoms with Crippen LogP contribution in [0.1, 0.15) is 48.9 Å². The monoisotopic (exact) mass is 492 g/mol. The summed E-state index contributed by atoms with van der Waals surface area (Å²) in [6.07, 6.45) is 1.27. The predicted molar refractivity (Wildman–Crippen MR) is 117 cm³/mol. The molecule has 2 aliphatic rings. The zero-order valence-corrected chi connectivity index (χ0v) is 18.1. The number of carbonyl (C=O) groups is 3. The second kappa shape index (κ2) is 7.43. The van der Waals surface area contributed by atoms with Crippen molar-refractivity contribution < 1.29 is 18.8 Å². The highest BCUT2D eigenvalue weighted by molar-refractivity contribution is 9.10. The lowest BCUT2D eigenvalue weighted by Crippen LogP contribution is -2.32. The molecule has 0 aliphatic carbocycles. The molecule has 3 heterocycles. The van der Waals surface area contributed by atoms with Crippen LogP contribution in [0.4, 0.5) is 15.8 Å². The number of halogens is 2. The van der Waals surface area contributed by atoms with Gasteiger partial charge in [0.05, 0.1) is 16.7 Å². The molecule has 3 amide bonds. The maximum atomic E-state index is 13.7.